The molecule has 5 heteroatoms. The van der Waals surface area contributed by atoms with E-state index in [0.717, 1.165) is 19.7 Å². The van der Waals surface area contributed by atoms with Gasteiger partial charge in [-0.05, 0) is 19.8 Å². The fourth-order valence-electron chi connectivity index (χ4n) is 3.43. The van der Waals surface area contributed by atoms with Crippen molar-refractivity contribution < 1.29 is 14.2 Å². The highest BCUT2D eigenvalue weighted by Gasteiger charge is 2.39. The number of hydrogen-bond acceptors (Lipinski definition) is 5. The molecule has 0 aromatic rings. The monoisotopic (exact) mass is 300 g/mol. The van der Waals surface area contributed by atoms with Crippen LogP contribution in [0.25, 0.3) is 0 Å². The molecule has 1 spiro atoms. The quantitative estimate of drug-likeness (QED) is 0.650. The van der Waals surface area contributed by atoms with Crippen LogP contribution in [0, 0.1) is 0 Å². The van der Waals surface area contributed by atoms with Crippen LogP contribution in [0.4, 0.5) is 0 Å². The molecular weight excluding hydrogens is 268 g/mol. The van der Waals surface area contributed by atoms with Crippen molar-refractivity contribution >= 4 is 0 Å². The van der Waals surface area contributed by atoms with Gasteiger partial charge in [0, 0.05) is 38.3 Å². The molecule has 2 fully saturated rings. The number of hydrogen-bond donors (Lipinski definition) is 1. The van der Waals surface area contributed by atoms with E-state index in [4.69, 9.17) is 14.2 Å². The number of piperazine rings is 1. The Morgan fingerprint density at radius 2 is 1.71 bits per heavy atom. The van der Waals surface area contributed by atoms with E-state index in [9.17, 15) is 0 Å². The Bertz CT molecular complexity index is 283. The molecule has 0 aromatic carbocycles. The van der Waals surface area contributed by atoms with Gasteiger partial charge < -0.3 is 19.5 Å². The van der Waals surface area contributed by atoms with Gasteiger partial charge in [0.15, 0.2) is 0 Å². The van der Waals surface area contributed by atoms with Crippen LogP contribution in [0.5, 0.6) is 0 Å². The molecule has 1 N–H and O–H groups in total. The maximum absolute atomic E-state index is 5.69. The van der Waals surface area contributed by atoms with E-state index in [0.29, 0.717) is 38.0 Å². The molecular formula is C16H32N2O3. The molecule has 0 aromatic heterocycles. The fourth-order valence-corrected chi connectivity index (χ4v) is 3.43. The van der Waals surface area contributed by atoms with Gasteiger partial charge in [-0.15, -0.1) is 0 Å². The molecule has 2 rings (SSSR count). The van der Waals surface area contributed by atoms with Crippen molar-refractivity contribution in [1.29, 1.82) is 0 Å². The predicted octanol–water partition coefficient (Wildman–Crippen LogP) is 1.27. The van der Waals surface area contributed by atoms with Gasteiger partial charge in [-0.25, -0.2) is 0 Å². The first-order valence-corrected chi connectivity index (χ1v) is 8.39. The summed E-state index contributed by atoms with van der Waals surface area (Å²) in [6.45, 7) is 9.07. The van der Waals surface area contributed by atoms with E-state index in [1.165, 1.54) is 32.2 Å². The minimum Gasteiger partial charge on any atom is -0.382 e. The molecule has 0 amide bonds. The molecule has 1 aliphatic heterocycles. The normalized spacial score (nSPS) is 25.7. The highest BCUT2D eigenvalue weighted by atomic mass is 16.5. The number of nitrogens with one attached hydrogen (secondary N) is 1. The zero-order valence-corrected chi connectivity index (χ0v) is 13.7. The van der Waals surface area contributed by atoms with Crippen LogP contribution in [0.3, 0.4) is 0 Å². The zero-order valence-electron chi connectivity index (χ0n) is 13.7. The molecule has 2 aliphatic rings. The van der Waals surface area contributed by atoms with Gasteiger partial charge in [0.1, 0.15) is 0 Å². The van der Waals surface area contributed by atoms with Crippen LogP contribution >= 0.6 is 0 Å². The second-order valence-corrected chi connectivity index (χ2v) is 6.41. The van der Waals surface area contributed by atoms with Crippen molar-refractivity contribution in [3.05, 3.63) is 0 Å². The van der Waals surface area contributed by atoms with Gasteiger partial charge in [0.25, 0.3) is 0 Å². The molecule has 21 heavy (non-hydrogen) atoms. The number of methoxy groups -OCH3 is 1. The minimum absolute atomic E-state index is 0.399. The molecule has 124 valence electrons. The second kappa shape index (κ2) is 9.06. The Morgan fingerprint density at radius 1 is 1.05 bits per heavy atom. The Labute approximate surface area is 129 Å². The van der Waals surface area contributed by atoms with Crippen molar-refractivity contribution in [3.8, 4) is 0 Å². The van der Waals surface area contributed by atoms with Gasteiger partial charge in [-0.2, -0.15) is 0 Å². The highest BCUT2D eigenvalue weighted by Crippen LogP contribution is 2.32. The van der Waals surface area contributed by atoms with Gasteiger partial charge in [-0.1, -0.05) is 12.8 Å². The number of ether oxygens (including phenoxy) is 3. The Balaban J connectivity index is 1.56. The minimum atomic E-state index is 0.399. The van der Waals surface area contributed by atoms with Crippen molar-refractivity contribution in [2.24, 2.45) is 0 Å². The first-order chi connectivity index (χ1) is 10.3. The average Bonchev–Trinajstić information content (AvgIpc) is 2.94. The van der Waals surface area contributed by atoms with E-state index in [2.05, 4.69) is 17.1 Å². The third-order valence-corrected chi connectivity index (χ3v) is 4.79. The van der Waals surface area contributed by atoms with Crippen LogP contribution in [0.2, 0.25) is 0 Å². The van der Waals surface area contributed by atoms with Crippen LogP contribution < -0.4 is 5.32 Å². The van der Waals surface area contributed by atoms with Crippen molar-refractivity contribution in [1.82, 2.24) is 10.2 Å². The molecule has 1 saturated heterocycles. The van der Waals surface area contributed by atoms with Gasteiger partial charge in [0.05, 0.1) is 33.0 Å². The summed E-state index contributed by atoms with van der Waals surface area (Å²) in [7, 11) is 1.69. The molecule has 1 heterocycles. The highest BCUT2D eigenvalue weighted by molar-refractivity contribution is 5.00. The summed E-state index contributed by atoms with van der Waals surface area (Å²) in [5.41, 5.74) is 0.399. The standard InChI is InChI=1S/C16H32N2O3/c1-15-13-17-16(5-3-4-6-16)14-18(15)7-8-20-11-12-21-10-9-19-2/h15,17H,3-14H2,1-2H3. The summed E-state index contributed by atoms with van der Waals surface area (Å²) in [6.07, 6.45) is 5.43. The molecule has 1 aliphatic carbocycles. The number of rotatable bonds is 9. The summed E-state index contributed by atoms with van der Waals surface area (Å²) in [5, 5.41) is 3.79. The van der Waals surface area contributed by atoms with E-state index in [1.807, 2.05) is 0 Å². The van der Waals surface area contributed by atoms with Crippen LogP contribution in [-0.4, -0.2) is 76.3 Å². The summed E-state index contributed by atoms with van der Waals surface area (Å²) in [4.78, 5) is 2.59. The Kier molecular flexibility index (Phi) is 7.40. The van der Waals surface area contributed by atoms with Crippen LogP contribution in [0.1, 0.15) is 32.6 Å². The lowest BCUT2D eigenvalue weighted by Crippen LogP contribution is -2.62. The Hall–Kier alpha value is -0.200. The lowest BCUT2D eigenvalue weighted by molar-refractivity contribution is 0.00848. The average molecular weight is 300 g/mol. The van der Waals surface area contributed by atoms with E-state index >= 15 is 0 Å². The number of nitrogens with zero attached hydrogens (tertiary/aromatic N) is 1. The Morgan fingerprint density at radius 3 is 2.43 bits per heavy atom. The summed E-state index contributed by atoms with van der Waals surface area (Å²) in [5.74, 6) is 0. The second-order valence-electron chi connectivity index (χ2n) is 6.41. The van der Waals surface area contributed by atoms with Crippen LogP contribution in [-0.2, 0) is 14.2 Å². The van der Waals surface area contributed by atoms with Crippen molar-refractivity contribution in [2.45, 2.75) is 44.2 Å². The van der Waals surface area contributed by atoms with E-state index < -0.39 is 0 Å². The van der Waals surface area contributed by atoms with E-state index in [-0.39, 0.29) is 0 Å². The largest absolute Gasteiger partial charge is 0.382 e. The summed E-state index contributed by atoms with van der Waals surface area (Å²) < 4.78 is 16.0. The lowest BCUT2D eigenvalue weighted by Gasteiger charge is -2.45. The molecule has 0 radical (unpaired) electrons. The predicted molar refractivity (Wildman–Crippen MR) is 83.8 cm³/mol. The third-order valence-electron chi connectivity index (χ3n) is 4.79. The van der Waals surface area contributed by atoms with Gasteiger partial charge >= 0.3 is 0 Å². The van der Waals surface area contributed by atoms with Crippen LogP contribution in [0.15, 0.2) is 0 Å². The smallest absolute Gasteiger partial charge is 0.0701 e. The maximum Gasteiger partial charge on any atom is 0.0701 e. The van der Waals surface area contributed by atoms with Crippen molar-refractivity contribution in [3.63, 3.8) is 0 Å². The zero-order chi connectivity index (χ0) is 15.0. The summed E-state index contributed by atoms with van der Waals surface area (Å²) in [6, 6.07) is 0.609. The van der Waals surface area contributed by atoms with Crippen molar-refractivity contribution in [2.75, 3.05) is 59.8 Å². The molecule has 1 unspecified atom stereocenters. The molecule has 1 saturated carbocycles. The first kappa shape index (κ1) is 17.2. The van der Waals surface area contributed by atoms with E-state index in [1.54, 1.807) is 7.11 Å². The fraction of sp³-hybridized carbons (Fsp3) is 1.00. The lowest BCUT2D eigenvalue weighted by atomic mass is 9.92. The van der Waals surface area contributed by atoms with Gasteiger partial charge in [0.2, 0.25) is 0 Å². The molecule has 1 atom stereocenters. The topological polar surface area (TPSA) is 43.0 Å². The third kappa shape index (κ3) is 5.49. The maximum atomic E-state index is 5.69. The summed E-state index contributed by atoms with van der Waals surface area (Å²) >= 11 is 0. The molecule has 0 bridgehead atoms. The molecule has 5 nitrogen and oxygen atoms in total. The SMILES string of the molecule is COCCOCCOCCN1CC2(CCCC2)NCC1C. The first-order valence-electron chi connectivity index (χ1n) is 8.39. The van der Waals surface area contributed by atoms with Gasteiger partial charge in [-0.3, -0.25) is 4.90 Å².